The second-order valence-electron chi connectivity index (χ2n) is 9.56. The molecular weight excluding hydrogens is 477 g/mol. The highest BCUT2D eigenvalue weighted by molar-refractivity contribution is 5.99. The predicted molar refractivity (Wildman–Crippen MR) is 138 cm³/mol. The van der Waals surface area contributed by atoms with Crippen LogP contribution in [0.1, 0.15) is 55.4 Å². The van der Waals surface area contributed by atoms with Gasteiger partial charge >= 0.3 is 6.03 Å². The molecule has 0 unspecified atom stereocenters. The molecule has 0 spiro atoms. The molecule has 3 aromatic rings. The standard InChI is InChI=1S/C27H32FN5O4/c1-4-33-13-11-20(12-14-33)36-21-9-10-22(29-17-21)23(34)15-18-5-7-19(8-6-18)30-26(35)31-25-16-24(32-37-25)27(2,3)28/h5-10,16-17,20H,4,11-15H2,1-3H3,(H2,30,31,35). The number of benzene rings is 1. The van der Waals surface area contributed by atoms with Crippen molar-refractivity contribution in [2.24, 2.45) is 0 Å². The molecule has 9 nitrogen and oxygen atoms in total. The summed E-state index contributed by atoms with van der Waals surface area (Å²) in [5.74, 6) is 0.597. The van der Waals surface area contributed by atoms with Crippen LogP contribution in [0.2, 0.25) is 0 Å². The number of hydrogen-bond acceptors (Lipinski definition) is 7. The highest BCUT2D eigenvalue weighted by Gasteiger charge is 2.24. The Morgan fingerprint density at radius 2 is 1.86 bits per heavy atom. The van der Waals surface area contributed by atoms with E-state index < -0.39 is 11.7 Å². The van der Waals surface area contributed by atoms with Crippen molar-refractivity contribution in [2.45, 2.75) is 51.8 Å². The number of piperidine rings is 1. The van der Waals surface area contributed by atoms with E-state index in [0.29, 0.717) is 17.1 Å². The summed E-state index contributed by atoms with van der Waals surface area (Å²) in [4.78, 5) is 31.6. The van der Waals surface area contributed by atoms with Crippen LogP contribution >= 0.6 is 0 Å². The van der Waals surface area contributed by atoms with Gasteiger partial charge in [0, 0.05) is 31.3 Å². The maximum absolute atomic E-state index is 13.9. The first-order valence-corrected chi connectivity index (χ1v) is 12.4. The zero-order valence-corrected chi connectivity index (χ0v) is 21.3. The van der Waals surface area contributed by atoms with Gasteiger partial charge in [0.15, 0.2) is 11.5 Å². The predicted octanol–water partition coefficient (Wildman–Crippen LogP) is 5.21. The van der Waals surface area contributed by atoms with Gasteiger partial charge in [0.1, 0.15) is 23.2 Å². The van der Waals surface area contributed by atoms with Gasteiger partial charge in [-0.2, -0.15) is 0 Å². The van der Waals surface area contributed by atoms with Gasteiger partial charge in [0.05, 0.1) is 6.20 Å². The summed E-state index contributed by atoms with van der Waals surface area (Å²) in [6.07, 6.45) is 3.93. The van der Waals surface area contributed by atoms with Crippen molar-refractivity contribution in [3.05, 3.63) is 65.6 Å². The first-order valence-electron chi connectivity index (χ1n) is 12.4. The average Bonchev–Trinajstić information content (AvgIpc) is 3.35. The Morgan fingerprint density at radius 1 is 1.14 bits per heavy atom. The minimum atomic E-state index is -1.68. The molecule has 1 aliphatic heterocycles. The highest BCUT2D eigenvalue weighted by atomic mass is 19.1. The van der Waals surface area contributed by atoms with Crippen LogP contribution in [0.5, 0.6) is 5.75 Å². The van der Waals surface area contributed by atoms with Crippen LogP contribution in [0.15, 0.2) is 53.2 Å². The first-order chi connectivity index (χ1) is 17.7. The van der Waals surface area contributed by atoms with E-state index in [0.717, 1.165) is 38.0 Å². The summed E-state index contributed by atoms with van der Waals surface area (Å²) in [5, 5.41) is 8.73. The summed E-state index contributed by atoms with van der Waals surface area (Å²) < 4.78 is 24.9. The number of nitrogens with one attached hydrogen (secondary N) is 2. The van der Waals surface area contributed by atoms with Gasteiger partial charge in [0.25, 0.3) is 0 Å². The molecule has 2 amide bonds. The number of Topliss-reactive ketones (excluding diaryl/α,β-unsaturated/α-hetero) is 1. The molecule has 2 N–H and O–H groups in total. The molecule has 196 valence electrons. The number of urea groups is 1. The number of ketones is 1. The third kappa shape index (κ3) is 7.36. The molecule has 10 heteroatoms. The van der Waals surface area contributed by atoms with Crippen molar-refractivity contribution in [3.63, 3.8) is 0 Å². The lowest BCUT2D eigenvalue weighted by Crippen LogP contribution is -2.38. The van der Waals surface area contributed by atoms with Crippen LogP contribution < -0.4 is 15.4 Å². The first kappa shape index (κ1) is 26.3. The van der Waals surface area contributed by atoms with E-state index >= 15 is 0 Å². The normalized spacial score (nSPS) is 14.8. The number of amides is 2. The third-order valence-corrected chi connectivity index (χ3v) is 6.24. The topological polar surface area (TPSA) is 110 Å². The van der Waals surface area contributed by atoms with Gasteiger partial charge in [-0.05, 0) is 63.1 Å². The molecule has 1 aliphatic rings. The van der Waals surface area contributed by atoms with Crippen molar-refractivity contribution in [1.82, 2.24) is 15.0 Å². The van der Waals surface area contributed by atoms with Gasteiger partial charge < -0.3 is 19.5 Å². The van der Waals surface area contributed by atoms with E-state index in [2.05, 4.69) is 32.6 Å². The largest absolute Gasteiger partial charge is 0.489 e. The van der Waals surface area contributed by atoms with Crippen LogP contribution in [0.3, 0.4) is 0 Å². The summed E-state index contributed by atoms with van der Waals surface area (Å²) in [5.41, 5.74) is 0.0817. The smallest absolute Gasteiger partial charge is 0.326 e. The molecule has 0 bridgehead atoms. The van der Waals surface area contributed by atoms with Gasteiger partial charge in [-0.25, -0.2) is 14.2 Å². The molecule has 1 saturated heterocycles. The van der Waals surface area contributed by atoms with Gasteiger partial charge in [-0.3, -0.25) is 10.1 Å². The number of rotatable bonds is 9. The van der Waals surface area contributed by atoms with Crippen molar-refractivity contribution in [3.8, 4) is 5.75 Å². The number of nitrogens with zero attached hydrogens (tertiary/aromatic N) is 3. The number of pyridine rings is 1. The Kier molecular flexibility index (Phi) is 8.17. The second-order valence-corrected chi connectivity index (χ2v) is 9.56. The molecule has 1 fully saturated rings. The average molecular weight is 510 g/mol. The Morgan fingerprint density at radius 3 is 2.46 bits per heavy atom. The Labute approximate surface area is 215 Å². The van der Waals surface area contributed by atoms with Gasteiger partial charge in [0.2, 0.25) is 5.88 Å². The fourth-order valence-electron chi connectivity index (χ4n) is 4.02. The maximum atomic E-state index is 13.9. The zero-order chi connectivity index (χ0) is 26.4. The van der Waals surface area contributed by atoms with E-state index in [9.17, 15) is 14.0 Å². The van der Waals surface area contributed by atoms with Gasteiger partial charge in [-0.15, -0.1) is 0 Å². The van der Waals surface area contributed by atoms with Crippen molar-refractivity contribution in [2.75, 3.05) is 30.3 Å². The summed E-state index contributed by atoms with van der Waals surface area (Å²) in [7, 11) is 0. The monoisotopic (exact) mass is 509 g/mol. The molecule has 0 saturated carbocycles. The number of carbonyl (C=O) groups is 2. The van der Waals surface area contributed by atoms with E-state index in [1.165, 1.54) is 19.9 Å². The molecule has 2 aromatic heterocycles. The number of carbonyl (C=O) groups excluding carboxylic acids is 2. The maximum Gasteiger partial charge on any atom is 0.326 e. The second kappa shape index (κ2) is 11.5. The third-order valence-electron chi connectivity index (χ3n) is 6.24. The number of halogens is 1. The fourth-order valence-corrected chi connectivity index (χ4v) is 4.02. The molecule has 1 aromatic carbocycles. The Bertz CT molecular complexity index is 1200. The van der Waals surface area contributed by atoms with Crippen LogP contribution in [-0.2, 0) is 12.1 Å². The van der Waals surface area contributed by atoms with Crippen LogP contribution in [-0.4, -0.2) is 52.6 Å². The highest BCUT2D eigenvalue weighted by Crippen LogP contribution is 2.26. The number of hydrogen-bond donors (Lipinski definition) is 2. The number of ether oxygens (including phenoxy) is 1. The van der Waals surface area contributed by atoms with E-state index in [4.69, 9.17) is 9.26 Å². The lowest BCUT2D eigenvalue weighted by Gasteiger charge is -2.31. The fraction of sp³-hybridized carbons (Fsp3) is 0.407. The quantitative estimate of drug-likeness (QED) is 0.381. The summed E-state index contributed by atoms with van der Waals surface area (Å²) in [6, 6.07) is 11.1. The van der Waals surface area contributed by atoms with Crippen LogP contribution in [0.4, 0.5) is 20.8 Å². The number of alkyl halides is 1. The molecule has 37 heavy (non-hydrogen) atoms. The minimum absolute atomic E-state index is 0.0336. The van der Waals surface area contributed by atoms with Crippen molar-refractivity contribution in [1.29, 1.82) is 0 Å². The van der Waals surface area contributed by atoms with Crippen LogP contribution in [0, 0.1) is 0 Å². The zero-order valence-electron chi connectivity index (χ0n) is 21.3. The van der Waals surface area contributed by atoms with E-state index in [-0.39, 0.29) is 29.9 Å². The van der Waals surface area contributed by atoms with E-state index in [1.54, 1.807) is 42.6 Å². The summed E-state index contributed by atoms with van der Waals surface area (Å²) >= 11 is 0. The Balaban J connectivity index is 1.25. The molecular formula is C27H32FN5O4. The summed E-state index contributed by atoms with van der Waals surface area (Å²) in [6.45, 7) is 7.98. The van der Waals surface area contributed by atoms with Gasteiger partial charge in [-0.1, -0.05) is 24.2 Å². The Hall–Kier alpha value is -3.79. The molecule has 4 rings (SSSR count). The number of aromatic nitrogens is 2. The minimum Gasteiger partial charge on any atom is -0.489 e. The SMILES string of the molecule is CCN1CCC(Oc2ccc(C(=O)Cc3ccc(NC(=O)Nc4cc(C(C)(C)F)no4)cc3)nc2)CC1. The molecule has 0 atom stereocenters. The van der Waals surface area contributed by atoms with Crippen molar-refractivity contribution >= 4 is 23.4 Å². The molecule has 3 heterocycles. The van der Waals surface area contributed by atoms with Crippen LogP contribution in [0.25, 0.3) is 0 Å². The number of likely N-dealkylation sites (tertiary alicyclic amines) is 1. The lowest BCUT2D eigenvalue weighted by atomic mass is 10.1. The number of anilines is 2. The molecule has 0 aliphatic carbocycles. The lowest BCUT2D eigenvalue weighted by molar-refractivity contribution is 0.0985. The van der Waals surface area contributed by atoms with Crippen molar-refractivity contribution < 1.29 is 23.2 Å². The molecule has 0 radical (unpaired) electrons. The van der Waals surface area contributed by atoms with E-state index in [1.807, 2.05) is 0 Å².